The second kappa shape index (κ2) is 6.06. The molecule has 0 saturated carbocycles. The number of anilines is 3. The number of aryl methyl sites for hydroxylation is 1. The quantitative estimate of drug-likeness (QED) is 0.540. The van der Waals surface area contributed by atoms with Crippen molar-refractivity contribution in [2.75, 3.05) is 17.3 Å². The third kappa shape index (κ3) is 3.19. The maximum Gasteiger partial charge on any atom is 0.250 e. The molecule has 0 unspecified atom stereocenters. The van der Waals surface area contributed by atoms with Crippen LogP contribution in [0.2, 0.25) is 0 Å². The molecular formula is C16H16N8O2S. The van der Waals surface area contributed by atoms with Crippen LogP contribution in [0.1, 0.15) is 5.82 Å². The van der Waals surface area contributed by atoms with Gasteiger partial charge >= 0.3 is 0 Å². The van der Waals surface area contributed by atoms with E-state index in [1.807, 2.05) is 28.8 Å². The summed E-state index contributed by atoms with van der Waals surface area (Å²) < 4.78 is 26.0. The average Bonchev–Trinajstić information content (AvgIpc) is 3.18. The maximum atomic E-state index is 11.6. The van der Waals surface area contributed by atoms with E-state index in [0.717, 1.165) is 10.3 Å². The molecule has 27 heavy (non-hydrogen) atoms. The fourth-order valence-electron chi connectivity index (χ4n) is 2.72. The smallest absolute Gasteiger partial charge is 0.250 e. The lowest BCUT2D eigenvalue weighted by Gasteiger charge is -2.07. The summed E-state index contributed by atoms with van der Waals surface area (Å²) in [6.07, 6.45) is 4.29. The first-order valence-corrected chi connectivity index (χ1v) is 9.78. The molecule has 3 N–H and O–H groups in total. The molecule has 0 saturated heterocycles. The average molecular weight is 384 g/mol. The molecule has 4 aromatic rings. The van der Waals surface area contributed by atoms with Gasteiger partial charge in [-0.2, -0.15) is 4.09 Å². The van der Waals surface area contributed by atoms with Gasteiger partial charge in [0.15, 0.2) is 11.6 Å². The Morgan fingerprint density at radius 3 is 2.63 bits per heavy atom. The highest BCUT2D eigenvalue weighted by Gasteiger charge is 2.18. The van der Waals surface area contributed by atoms with Gasteiger partial charge in [-0.15, -0.1) is 5.10 Å². The van der Waals surface area contributed by atoms with Crippen LogP contribution in [0.15, 0.2) is 42.7 Å². The van der Waals surface area contributed by atoms with Crippen LogP contribution in [0.3, 0.4) is 0 Å². The summed E-state index contributed by atoms with van der Waals surface area (Å²) in [5, 5.41) is 7.09. The predicted molar refractivity (Wildman–Crippen MR) is 101 cm³/mol. The molecule has 11 heteroatoms. The van der Waals surface area contributed by atoms with Crippen molar-refractivity contribution in [1.29, 1.82) is 0 Å². The van der Waals surface area contributed by atoms with Gasteiger partial charge in [0.1, 0.15) is 23.0 Å². The van der Waals surface area contributed by atoms with E-state index in [1.165, 1.54) is 6.20 Å². The summed E-state index contributed by atoms with van der Waals surface area (Å²) >= 11 is 0. The lowest BCUT2D eigenvalue weighted by atomic mass is 10.2. The van der Waals surface area contributed by atoms with Crippen LogP contribution < -0.4 is 11.1 Å². The Bertz CT molecular complexity index is 1240. The number of fused-ring (bicyclic) bond motifs is 1. The van der Waals surface area contributed by atoms with Crippen LogP contribution in [0.4, 0.5) is 17.5 Å². The van der Waals surface area contributed by atoms with Crippen molar-refractivity contribution in [1.82, 2.24) is 28.5 Å². The summed E-state index contributed by atoms with van der Waals surface area (Å²) in [5.41, 5.74) is 7.82. The van der Waals surface area contributed by atoms with Gasteiger partial charge in [0.25, 0.3) is 10.0 Å². The minimum absolute atomic E-state index is 0.337. The lowest BCUT2D eigenvalue weighted by molar-refractivity contribution is 0.586. The van der Waals surface area contributed by atoms with Gasteiger partial charge in [0, 0.05) is 24.5 Å². The first kappa shape index (κ1) is 17.0. The van der Waals surface area contributed by atoms with Crippen LogP contribution >= 0.6 is 0 Å². The number of rotatable bonds is 4. The van der Waals surface area contributed by atoms with Gasteiger partial charge in [-0.3, -0.25) is 4.40 Å². The zero-order chi connectivity index (χ0) is 19.2. The molecule has 0 atom stereocenters. The van der Waals surface area contributed by atoms with E-state index in [-0.39, 0.29) is 0 Å². The van der Waals surface area contributed by atoms with Crippen LogP contribution in [-0.4, -0.2) is 43.2 Å². The summed E-state index contributed by atoms with van der Waals surface area (Å²) in [7, 11) is -3.47. The number of nitrogen functional groups attached to an aromatic ring is 1. The fourth-order valence-corrected chi connectivity index (χ4v) is 3.24. The number of nitrogens with two attached hydrogens (primary N) is 1. The summed E-state index contributed by atoms with van der Waals surface area (Å²) in [4.78, 5) is 13.1. The highest BCUT2D eigenvalue weighted by Crippen LogP contribution is 2.30. The van der Waals surface area contributed by atoms with Crippen molar-refractivity contribution in [3.05, 3.63) is 48.5 Å². The molecule has 0 amide bonds. The molecule has 4 heterocycles. The molecule has 0 spiro atoms. The molecular weight excluding hydrogens is 368 g/mol. The summed E-state index contributed by atoms with van der Waals surface area (Å²) in [6, 6.07) is 8.80. The second-order valence-electron chi connectivity index (χ2n) is 5.92. The van der Waals surface area contributed by atoms with Gasteiger partial charge in [0.2, 0.25) is 0 Å². The van der Waals surface area contributed by atoms with Crippen LogP contribution in [0.25, 0.3) is 17.0 Å². The number of hydrogen-bond donors (Lipinski definition) is 2. The third-order valence-electron chi connectivity index (χ3n) is 3.78. The highest BCUT2D eigenvalue weighted by atomic mass is 32.2. The zero-order valence-corrected chi connectivity index (χ0v) is 15.3. The van der Waals surface area contributed by atoms with Crippen molar-refractivity contribution in [2.24, 2.45) is 0 Å². The van der Waals surface area contributed by atoms with Crippen molar-refractivity contribution in [2.45, 2.75) is 6.92 Å². The van der Waals surface area contributed by atoms with Crippen molar-refractivity contribution in [3.8, 4) is 11.4 Å². The van der Waals surface area contributed by atoms with E-state index in [2.05, 4.69) is 25.4 Å². The number of pyridine rings is 1. The molecule has 4 rings (SSSR count). The Labute approximate surface area is 154 Å². The van der Waals surface area contributed by atoms with E-state index in [1.54, 1.807) is 19.1 Å². The SMILES string of the molecule is Cc1nc(N)cc(-c2c(Nc3ccn(S(C)(=O)=O)n3)nc3ccccn23)n1. The molecule has 0 fully saturated rings. The standard InChI is InChI=1S/C16H16N8O2S/c1-10-18-11(9-12(17)19-10)15-16(21-14-5-3-4-7-23(14)15)20-13-6-8-24(22-13)27(2,25)26/h3-9H,1-2H3,(H,20,22)(H2,17,18,19). The highest BCUT2D eigenvalue weighted by molar-refractivity contribution is 7.89. The Balaban J connectivity index is 1.87. The molecule has 0 aromatic carbocycles. The lowest BCUT2D eigenvalue weighted by Crippen LogP contribution is -2.10. The maximum absolute atomic E-state index is 11.6. The molecule has 0 radical (unpaired) electrons. The van der Waals surface area contributed by atoms with Crippen LogP contribution in [-0.2, 0) is 10.0 Å². The summed E-state index contributed by atoms with van der Waals surface area (Å²) in [5.74, 6) is 1.68. The number of nitrogens with zero attached hydrogens (tertiary/aromatic N) is 6. The van der Waals surface area contributed by atoms with Crippen molar-refractivity contribution < 1.29 is 8.42 Å². The Kier molecular flexibility index (Phi) is 3.81. The first-order valence-electron chi connectivity index (χ1n) is 7.93. The van der Waals surface area contributed by atoms with E-state index < -0.39 is 10.0 Å². The number of hydrogen-bond acceptors (Lipinski definition) is 8. The molecule has 0 aliphatic rings. The molecule has 4 aromatic heterocycles. The topological polar surface area (TPSA) is 133 Å². The van der Waals surface area contributed by atoms with E-state index in [0.29, 0.717) is 40.3 Å². The fraction of sp³-hybridized carbons (Fsp3) is 0.125. The molecule has 0 aliphatic heterocycles. The molecule has 0 bridgehead atoms. The minimum atomic E-state index is -3.47. The summed E-state index contributed by atoms with van der Waals surface area (Å²) in [6.45, 7) is 1.75. The van der Waals surface area contributed by atoms with Gasteiger partial charge < -0.3 is 11.1 Å². The van der Waals surface area contributed by atoms with Gasteiger partial charge in [-0.25, -0.2) is 23.4 Å². The largest absolute Gasteiger partial charge is 0.384 e. The van der Waals surface area contributed by atoms with Crippen LogP contribution in [0, 0.1) is 6.92 Å². The van der Waals surface area contributed by atoms with Crippen molar-refractivity contribution >= 4 is 33.1 Å². The number of imidazole rings is 1. The Hall–Kier alpha value is -3.47. The van der Waals surface area contributed by atoms with E-state index in [4.69, 9.17) is 5.73 Å². The normalized spacial score (nSPS) is 11.8. The molecule has 0 aliphatic carbocycles. The minimum Gasteiger partial charge on any atom is -0.384 e. The second-order valence-corrected chi connectivity index (χ2v) is 7.76. The van der Waals surface area contributed by atoms with E-state index in [9.17, 15) is 8.42 Å². The molecule has 138 valence electrons. The van der Waals surface area contributed by atoms with Gasteiger partial charge in [0.05, 0.1) is 11.9 Å². The van der Waals surface area contributed by atoms with Gasteiger partial charge in [-0.1, -0.05) is 6.07 Å². The number of aromatic nitrogens is 6. The third-order valence-corrected chi connectivity index (χ3v) is 4.67. The van der Waals surface area contributed by atoms with Gasteiger partial charge in [-0.05, 0) is 19.1 Å². The predicted octanol–water partition coefficient (Wildman–Crippen LogP) is 1.43. The zero-order valence-electron chi connectivity index (χ0n) is 14.5. The first-order chi connectivity index (χ1) is 12.8. The Morgan fingerprint density at radius 1 is 1.11 bits per heavy atom. The molecule has 10 nitrogen and oxygen atoms in total. The monoisotopic (exact) mass is 384 g/mol. The van der Waals surface area contributed by atoms with Crippen molar-refractivity contribution in [3.63, 3.8) is 0 Å². The van der Waals surface area contributed by atoms with Crippen LogP contribution in [0.5, 0.6) is 0 Å². The Morgan fingerprint density at radius 2 is 1.93 bits per heavy atom. The number of nitrogens with one attached hydrogen (secondary N) is 1. The van der Waals surface area contributed by atoms with E-state index >= 15 is 0 Å².